The van der Waals surface area contributed by atoms with Gasteiger partial charge in [-0.1, -0.05) is 53.3 Å². The molecule has 3 rings (SSSR count). The van der Waals surface area contributed by atoms with E-state index < -0.39 is 21.3 Å². The first-order valence-corrected chi connectivity index (χ1v) is 9.43. The number of nitrogens with one attached hydrogen (secondary N) is 1. The molecule has 0 saturated heterocycles. The van der Waals surface area contributed by atoms with Crippen molar-refractivity contribution in [3.63, 3.8) is 0 Å². The van der Waals surface area contributed by atoms with E-state index in [0.29, 0.717) is 5.52 Å². The van der Waals surface area contributed by atoms with E-state index in [1.54, 1.807) is 18.2 Å². The van der Waals surface area contributed by atoms with Crippen molar-refractivity contribution >= 4 is 54.3 Å². The maximum Gasteiger partial charge on any atom is 0.281 e. The molecule has 2 N–H and O–H groups in total. The number of halogens is 1. The Bertz CT molecular complexity index is 984. The number of nitrogens with zero attached hydrogens (tertiary/aromatic N) is 1. The number of hydrogen-bond acceptors (Lipinski definition) is 5. The summed E-state index contributed by atoms with van der Waals surface area (Å²) in [6.07, 6.45) is 0. The van der Waals surface area contributed by atoms with Gasteiger partial charge in [-0.2, -0.15) is 8.42 Å². The van der Waals surface area contributed by atoms with Gasteiger partial charge in [0.2, 0.25) is 0 Å². The minimum Gasteiger partial charge on any atom is -0.300 e. The first-order valence-electron chi connectivity index (χ1n) is 6.73. The Morgan fingerprint density at radius 1 is 1.17 bits per heavy atom. The summed E-state index contributed by atoms with van der Waals surface area (Å²) in [4.78, 5) is 16.7. The Labute approximate surface area is 146 Å². The fourth-order valence-electron chi connectivity index (χ4n) is 2.22. The molecule has 1 unspecified atom stereocenters. The third kappa shape index (κ3) is 3.41. The molecule has 0 aliphatic carbocycles. The Kier molecular flexibility index (Phi) is 4.55. The molecule has 0 aliphatic heterocycles. The van der Waals surface area contributed by atoms with Gasteiger partial charge in [0.1, 0.15) is 0 Å². The number of carbonyl (C=O) groups is 1. The van der Waals surface area contributed by atoms with Gasteiger partial charge in [-0.3, -0.25) is 9.35 Å². The zero-order chi connectivity index (χ0) is 17.3. The number of benzene rings is 2. The van der Waals surface area contributed by atoms with Crippen molar-refractivity contribution < 1.29 is 17.8 Å². The Morgan fingerprint density at radius 2 is 1.83 bits per heavy atom. The van der Waals surface area contributed by atoms with Crippen LogP contribution in [0.2, 0.25) is 5.02 Å². The summed E-state index contributed by atoms with van der Waals surface area (Å²) < 4.78 is 33.7. The van der Waals surface area contributed by atoms with Crippen LogP contribution in [0.3, 0.4) is 0 Å². The van der Waals surface area contributed by atoms with Crippen molar-refractivity contribution in [1.82, 2.24) is 4.98 Å². The second-order valence-electron chi connectivity index (χ2n) is 4.89. The molecular weight excluding hydrogens is 372 g/mol. The molecule has 0 aliphatic rings. The van der Waals surface area contributed by atoms with Crippen LogP contribution in [0.5, 0.6) is 0 Å². The Hall–Kier alpha value is -2.00. The normalized spacial score (nSPS) is 12.9. The first-order chi connectivity index (χ1) is 11.4. The summed E-state index contributed by atoms with van der Waals surface area (Å²) in [5, 5.41) is 0.906. The van der Waals surface area contributed by atoms with Crippen molar-refractivity contribution in [2.75, 3.05) is 5.32 Å². The number of anilines is 1. The molecule has 0 spiro atoms. The van der Waals surface area contributed by atoms with Gasteiger partial charge in [0, 0.05) is 10.6 Å². The van der Waals surface area contributed by atoms with Gasteiger partial charge in [0.15, 0.2) is 10.4 Å². The minimum atomic E-state index is -4.71. The molecule has 0 saturated carbocycles. The molecule has 1 aromatic heterocycles. The summed E-state index contributed by atoms with van der Waals surface area (Å²) in [5.41, 5.74) is 0.680. The summed E-state index contributed by atoms with van der Waals surface area (Å²) in [5.74, 6) is -0.926. The Balaban J connectivity index is 1.96. The van der Waals surface area contributed by atoms with Crippen LogP contribution < -0.4 is 5.32 Å². The van der Waals surface area contributed by atoms with E-state index in [1.165, 1.54) is 29.5 Å². The van der Waals surface area contributed by atoms with Gasteiger partial charge in [0.25, 0.3) is 16.0 Å². The van der Waals surface area contributed by atoms with Gasteiger partial charge in [-0.05, 0) is 18.2 Å². The molecule has 0 radical (unpaired) electrons. The maximum absolute atomic E-state index is 12.4. The van der Waals surface area contributed by atoms with Gasteiger partial charge in [0.05, 0.1) is 10.2 Å². The van der Waals surface area contributed by atoms with Gasteiger partial charge in [-0.25, -0.2) is 4.98 Å². The zero-order valence-corrected chi connectivity index (χ0v) is 14.4. The summed E-state index contributed by atoms with van der Waals surface area (Å²) in [7, 11) is -4.71. The van der Waals surface area contributed by atoms with Crippen LogP contribution in [0, 0.1) is 0 Å². The molecule has 9 heteroatoms. The monoisotopic (exact) mass is 382 g/mol. The summed E-state index contributed by atoms with van der Waals surface area (Å²) >= 11 is 7.17. The molecule has 1 amide bonds. The number of amides is 1. The van der Waals surface area contributed by atoms with Gasteiger partial charge < -0.3 is 5.32 Å². The van der Waals surface area contributed by atoms with Crippen LogP contribution in [-0.2, 0) is 14.9 Å². The third-order valence-electron chi connectivity index (χ3n) is 3.25. The second kappa shape index (κ2) is 6.48. The maximum atomic E-state index is 12.4. The molecule has 1 heterocycles. The van der Waals surface area contributed by atoms with Crippen LogP contribution in [0.15, 0.2) is 48.5 Å². The highest BCUT2D eigenvalue weighted by atomic mass is 35.5. The van der Waals surface area contributed by atoms with Crippen LogP contribution in [-0.4, -0.2) is 23.9 Å². The van der Waals surface area contributed by atoms with Crippen LogP contribution in [0.25, 0.3) is 10.2 Å². The van der Waals surface area contributed by atoms with Crippen molar-refractivity contribution in [3.8, 4) is 0 Å². The lowest BCUT2D eigenvalue weighted by molar-refractivity contribution is -0.116. The zero-order valence-electron chi connectivity index (χ0n) is 12.0. The summed E-state index contributed by atoms with van der Waals surface area (Å²) in [6, 6.07) is 13.2. The number of para-hydroxylation sites is 1. The lowest BCUT2D eigenvalue weighted by Crippen LogP contribution is -2.27. The number of aromatic nitrogens is 1. The average Bonchev–Trinajstić information content (AvgIpc) is 2.90. The number of fused-ring (bicyclic) bond motifs is 1. The Morgan fingerprint density at radius 3 is 2.50 bits per heavy atom. The smallest absolute Gasteiger partial charge is 0.281 e. The van der Waals surface area contributed by atoms with Crippen molar-refractivity contribution in [2.24, 2.45) is 0 Å². The van der Waals surface area contributed by atoms with Crippen LogP contribution in [0.4, 0.5) is 5.13 Å². The highest BCUT2D eigenvalue weighted by molar-refractivity contribution is 7.86. The highest BCUT2D eigenvalue weighted by Crippen LogP contribution is 2.31. The van der Waals surface area contributed by atoms with Crippen molar-refractivity contribution in [2.45, 2.75) is 5.25 Å². The van der Waals surface area contributed by atoms with Gasteiger partial charge >= 0.3 is 0 Å². The molecule has 0 bridgehead atoms. The molecule has 124 valence electrons. The number of rotatable bonds is 4. The summed E-state index contributed by atoms with van der Waals surface area (Å²) in [6.45, 7) is 0. The molecular formula is C15H11ClN2O4S2. The van der Waals surface area contributed by atoms with Crippen LogP contribution in [0.1, 0.15) is 10.8 Å². The van der Waals surface area contributed by atoms with E-state index in [-0.39, 0.29) is 15.7 Å². The van der Waals surface area contributed by atoms with E-state index in [4.69, 9.17) is 11.6 Å². The molecule has 1 atom stereocenters. The second-order valence-corrected chi connectivity index (χ2v) is 7.83. The molecule has 0 fully saturated rings. The fraction of sp³-hybridized carbons (Fsp3) is 0.0667. The van der Waals surface area contributed by atoms with E-state index in [1.807, 2.05) is 12.1 Å². The molecule has 2 aromatic carbocycles. The van der Waals surface area contributed by atoms with E-state index in [9.17, 15) is 17.8 Å². The minimum absolute atomic E-state index is 0.000257. The lowest BCUT2D eigenvalue weighted by Gasteiger charge is -2.14. The predicted octanol–water partition coefficient (Wildman–Crippen LogP) is 3.52. The van der Waals surface area contributed by atoms with Crippen LogP contribution >= 0.6 is 22.9 Å². The largest absolute Gasteiger partial charge is 0.300 e. The standard InChI is InChI=1S/C15H11ClN2O4S2/c16-10-6-2-1-5-9(10)13(24(20,21)22)14(19)18-15-17-11-7-3-4-8-12(11)23-15/h1-8,13H,(H,17,18,19)(H,20,21,22). The molecule has 3 aromatic rings. The number of carbonyl (C=O) groups excluding carboxylic acids is 1. The van der Waals surface area contributed by atoms with E-state index >= 15 is 0 Å². The fourth-order valence-corrected chi connectivity index (χ4v) is 4.26. The highest BCUT2D eigenvalue weighted by Gasteiger charge is 2.35. The SMILES string of the molecule is O=C(Nc1nc2ccccc2s1)C(c1ccccc1Cl)S(=O)(=O)O. The van der Waals surface area contributed by atoms with E-state index in [0.717, 1.165) is 4.70 Å². The lowest BCUT2D eigenvalue weighted by atomic mass is 10.1. The van der Waals surface area contributed by atoms with Crippen molar-refractivity contribution in [3.05, 3.63) is 59.1 Å². The number of hydrogen-bond donors (Lipinski definition) is 2. The predicted molar refractivity (Wildman–Crippen MR) is 94.0 cm³/mol. The average molecular weight is 383 g/mol. The molecule has 24 heavy (non-hydrogen) atoms. The first kappa shape index (κ1) is 16.8. The van der Waals surface area contributed by atoms with Gasteiger partial charge in [-0.15, -0.1) is 0 Å². The molecule has 6 nitrogen and oxygen atoms in total. The quantitative estimate of drug-likeness (QED) is 0.673. The number of thiazole rings is 1. The topological polar surface area (TPSA) is 96.4 Å². The van der Waals surface area contributed by atoms with Crippen molar-refractivity contribution in [1.29, 1.82) is 0 Å². The van der Waals surface area contributed by atoms with E-state index in [2.05, 4.69) is 10.3 Å². The third-order valence-corrected chi connectivity index (χ3v) is 5.61.